The summed E-state index contributed by atoms with van der Waals surface area (Å²) in [5, 5.41) is 3.70. The van der Waals surface area contributed by atoms with E-state index in [-0.39, 0.29) is 0 Å². The first-order valence-corrected chi connectivity index (χ1v) is 5.65. The predicted molar refractivity (Wildman–Crippen MR) is 63.7 cm³/mol. The minimum absolute atomic E-state index is 0.507. The molecule has 1 rings (SSSR count). The molecule has 75 valence electrons. The monoisotopic (exact) mass is 206 g/mol. The van der Waals surface area contributed by atoms with Crippen LogP contribution in [0.3, 0.4) is 0 Å². The summed E-state index contributed by atoms with van der Waals surface area (Å²) < 4.78 is 0. The second-order valence-electron chi connectivity index (χ2n) is 2.98. The van der Waals surface area contributed by atoms with Gasteiger partial charge in [-0.25, -0.2) is 0 Å². The highest BCUT2D eigenvalue weighted by Gasteiger charge is 2.04. The van der Waals surface area contributed by atoms with Crippen molar-refractivity contribution in [3.8, 4) is 0 Å². The molecule has 0 saturated carbocycles. The molecule has 0 amide bonds. The number of benzene rings is 1. The summed E-state index contributed by atoms with van der Waals surface area (Å²) in [5.41, 5.74) is 0. The summed E-state index contributed by atoms with van der Waals surface area (Å²) in [4.78, 5) is 1.29. The highest BCUT2D eigenvalue weighted by atomic mass is 32.2. The average molecular weight is 206 g/mol. The Balaban J connectivity index is 2.55. The summed E-state index contributed by atoms with van der Waals surface area (Å²) in [5.74, 6) is 0. The largest absolute Gasteiger partial charge is 0.318 e. The van der Waals surface area contributed by atoms with E-state index in [9.17, 15) is 0 Å². The molecule has 1 aromatic rings. The number of hydrogen-bond donors (Lipinski definition) is 1. The topological polar surface area (TPSA) is 12.0 Å². The fraction of sp³-hybridized carbons (Fsp3) is 0.333. The maximum absolute atomic E-state index is 3.19. The van der Waals surface area contributed by atoms with E-state index in [1.54, 1.807) is 0 Å². The van der Waals surface area contributed by atoms with Crippen molar-refractivity contribution in [2.75, 3.05) is 13.6 Å². The maximum atomic E-state index is 3.19. The van der Waals surface area contributed by atoms with E-state index in [4.69, 9.17) is 0 Å². The molecule has 2 heteroatoms. The molecule has 0 aliphatic carbocycles. The van der Waals surface area contributed by atoms with Gasteiger partial charge in [0.25, 0.3) is 0 Å². The third kappa shape index (κ3) is 3.99. The van der Waals surface area contributed by atoms with Gasteiger partial charge in [-0.2, -0.15) is 0 Å². The molecule has 14 heavy (non-hydrogen) atoms. The number of nitrogens with one attached hydrogen (secondary N) is 1. The third-order valence-corrected chi connectivity index (χ3v) is 2.96. The summed E-state index contributed by atoms with van der Waals surface area (Å²) in [6.45, 7) is 3.05. The van der Waals surface area contributed by atoms with Gasteiger partial charge in [-0.3, -0.25) is 0 Å². The minimum atomic E-state index is 0.507. The van der Waals surface area contributed by atoms with E-state index in [0.29, 0.717) is 5.25 Å². The van der Waals surface area contributed by atoms with Gasteiger partial charge in [-0.15, -0.1) is 11.8 Å². The first kappa shape index (κ1) is 11.3. The fourth-order valence-corrected chi connectivity index (χ4v) is 2.32. The zero-order valence-electron chi connectivity index (χ0n) is 8.66. The molecular weight excluding hydrogens is 190 g/mol. The lowest BCUT2D eigenvalue weighted by atomic mass is 10.4. The standard InChI is InChI=1S/C12H16NS/c1-3-7-12(10-13-2)14-11-8-5-4-6-9-11/h3,5-9,12-13H,10H2,1-2H3. The highest BCUT2D eigenvalue weighted by Crippen LogP contribution is 2.23. The summed E-state index contributed by atoms with van der Waals surface area (Å²) >= 11 is 1.87. The van der Waals surface area contributed by atoms with E-state index in [2.05, 4.69) is 42.6 Å². The Labute approximate surface area is 90.6 Å². The predicted octanol–water partition coefficient (Wildman–Crippen LogP) is 2.74. The van der Waals surface area contributed by atoms with Crippen molar-refractivity contribution < 1.29 is 0 Å². The first-order valence-electron chi connectivity index (χ1n) is 4.77. The highest BCUT2D eigenvalue weighted by molar-refractivity contribution is 8.00. The van der Waals surface area contributed by atoms with Crippen molar-refractivity contribution in [2.45, 2.75) is 17.1 Å². The molecule has 1 unspecified atom stereocenters. The lowest BCUT2D eigenvalue weighted by molar-refractivity contribution is 0.817. The zero-order valence-corrected chi connectivity index (χ0v) is 9.47. The number of thioether (sulfide) groups is 1. The average Bonchev–Trinajstić information content (AvgIpc) is 2.20. The number of rotatable bonds is 5. The van der Waals surface area contributed by atoms with Crippen LogP contribution in [0, 0.1) is 6.07 Å². The van der Waals surface area contributed by atoms with Crippen molar-refractivity contribution in [1.29, 1.82) is 0 Å². The van der Waals surface area contributed by atoms with Crippen LogP contribution >= 0.6 is 11.8 Å². The van der Waals surface area contributed by atoms with Crippen molar-refractivity contribution in [3.63, 3.8) is 0 Å². The molecule has 1 aromatic carbocycles. The van der Waals surface area contributed by atoms with Crippen LogP contribution in [0.25, 0.3) is 0 Å². The number of allylic oxidation sites excluding steroid dienone is 1. The SMILES string of the molecule is CC=CC(CNC)Sc1cc[c]cc1. The maximum Gasteiger partial charge on any atom is 0.0399 e. The molecule has 0 saturated heterocycles. The van der Waals surface area contributed by atoms with E-state index in [1.165, 1.54) is 4.90 Å². The number of hydrogen-bond acceptors (Lipinski definition) is 2. The molecule has 0 aliphatic rings. The van der Waals surface area contributed by atoms with E-state index in [1.807, 2.05) is 30.9 Å². The van der Waals surface area contributed by atoms with Crippen molar-refractivity contribution in [3.05, 3.63) is 42.5 Å². The van der Waals surface area contributed by atoms with Gasteiger partial charge in [0.15, 0.2) is 0 Å². The first-order chi connectivity index (χ1) is 6.86. The van der Waals surface area contributed by atoms with Crippen molar-refractivity contribution in [1.82, 2.24) is 5.32 Å². The van der Waals surface area contributed by atoms with Gasteiger partial charge in [0.05, 0.1) is 0 Å². The quantitative estimate of drug-likeness (QED) is 0.587. The molecule has 1 nitrogen and oxygen atoms in total. The van der Waals surface area contributed by atoms with Crippen LogP contribution in [0.5, 0.6) is 0 Å². The molecule has 0 spiro atoms. The van der Waals surface area contributed by atoms with Gasteiger partial charge < -0.3 is 5.32 Å². The van der Waals surface area contributed by atoms with Crippen LogP contribution in [-0.2, 0) is 0 Å². The van der Waals surface area contributed by atoms with E-state index >= 15 is 0 Å². The fourth-order valence-electron chi connectivity index (χ4n) is 1.19. The van der Waals surface area contributed by atoms with Gasteiger partial charge in [-0.1, -0.05) is 24.3 Å². The van der Waals surface area contributed by atoms with Gasteiger partial charge >= 0.3 is 0 Å². The lowest BCUT2D eigenvalue weighted by Gasteiger charge is -2.11. The molecule has 1 N–H and O–H groups in total. The van der Waals surface area contributed by atoms with Crippen LogP contribution in [0.4, 0.5) is 0 Å². The zero-order chi connectivity index (χ0) is 10.2. The molecule has 0 fully saturated rings. The van der Waals surface area contributed by atoms with Crippen LogP contribution in [-0.4, -0.2) is 18.8 Å². The lowest BCUT2D eigenvalue weighted by Crippen LogP contribution is -2.18. The molecule has 1 radical (unpaired) electrons. The summed E-state index contributed by atoms with van der Waals surface area (Å²) in [7, 11) is 1.98. The van der Waals surface area contributed by atoms with Crippen LogP contribution in [0.1, 0.15) is 6.92 Å². The smallest absolute Gasteiger partial charge is 0.0399 e. The van der Waals surface area contributed by atoms with E-state index in [0.717, 1.165) is 6.54 Å². The Morgan fingerprint density at radius 3 is 2.79 bits per heavy atom. The molecule has 0 heterocycles. The molecular formula is C12H16NS. The molecule has 0 aromatic heterocycles. The summed E-state index contributed by atoms with van der Waals surface area (Å²) in [6, 6.07) is 11.1. The third-order valence-electron chi connectivity index (χ3n) is 1.79. The summed E-state index contributed by atoms with van der Waals surface area (Å²) in [6.07, 6.45) is 4.32. The van der Waals surface area contributed by atoms with Gasteiger partial charge in [0.1, 0.15) is 0 Å². The Morgan fingerprint density at radius 2 is 2.21 bits per heavy atom. The van der Waals surface area contributed by atoms with Crippen molar-refractivity contribution >= 4 is 11.8 Å². The molecule has 0 bridgehead atoms. The Kier molecular flexibility index (Phi) is 5.42. The van der Waals surface area contributed by atoms with Crippen LogP contribution in [0.2, 0.25) is 0 Å². The van der Waals surface area contributed by atoms with Gasteiger partial charge in [0.2, 0.25) is 0 Å². The molecule has 1 atom stereocenters. The Hall–Kier alpha value is -0.730. The normalized spacial score (nSPS) is 13.3. The Bertz CT molecular complexity index is 269. The Morgan fingerprint density at radius 1 is 1.50 bits per heavy atom. The second-order valence-corrected chi connectivity index (χ2v) is 4.29. The second kappa shape index (κ2) is 6.68. The van der Waals surface area contributed by atoms with Crippen LogP contribution in [0.15, 0.2) is 41.3 Å². The van der Waals surface area contributed by atoms with Gasteiger partial charge in [-0.05, 0) is 32.2 Å². The molecule has 0 aliphatic heterocycles. The van der Waals surface area contributed by atoms with Gasteiger partial charge in [0, 0.05) is 16.7 Å². The van der Waals surface area contributed by atoms with Crippen LogP contribution < -0.4 is 5.32 Å². The minimum Gasteiger partial charge on any atom is -0.318 e. The van der Waals surface area contributed by atoms with Crippen molar-refractivity contribution in [2.24, 2.45) is 0 Å². The van der Waals surface area contributed by atoms with E-state index < -0.39 is 0 Å².